The third kappa shape index (κ3) is 6.21. The summed E-state index contributed by atoms with van der Waals surface area (Å²) >= 11 is 0. The Morgan fingerprint density at radius 3 is 2.58 bits per heavy atom. The average Bonchev–Trinajstić information content (AvgIpc) is 3.22. The van der Waals surface area contributed by atoms with E-state index in [1.807, 2.05) is 4.90 Å². The fourth-order valence-electron chi connectivity index (χ4n) is 4.91. The number of amides is 2. The Bertz CT molecular complexity index is 1230. The van der Waals surface area contributed by atoms with Gasteiger partial charge in [-0.2, -0.15) is 10.6 Å². The molecule has 38 heavy (non-hydrogen) atoms. The minimum absolute atomic E-state index is 0.0957. The van der Waals surface area contributed by atoms with Crippen molar-refractivity contribution in [1.29, 1.82) is 0 Å². The molecule has 2 aliphatic rings. The lowest BCUT2D eigenvalue weighted by Crippen LogP contribution is -2.37. The van der Waals surface area contributed by atoms with Crippen molar-refractivity contribution in [2.45, 2.75) is 35.6 Å². The van der Waals surface area contributed by atoms with Crippen molar-refractivity contribution < 1.29 is 46.1 Å². The molecule has 5 N–H and O–H groups in total. The Morgan fingerprint density at radius 2 is 1.95 bits per heavy atom. The lowest BCUT2D eigenvalue weighted by Gasteiger charge is -2.38. The van der Waals surface area contributed by atoms with Crippen molar-refractivity contribution in [2.75, 3.05) is 37.8 Å². The van der Waals surface area contributed by atoms with Gasteiger partial charge in [-0.05, 0) is 41.8 Å². The van der Waals surface area contributed by atoms with Crippen molar-refractivity contribution in [2.24, 2.45) is 0 Å². The maximum Gasteiger partial charge on any atom is 0.573 e. The summed E-state index contributed by atoms with van der Waals surface area (Å²) in [5, 5.41) is 15.1. The molecule has 208 valence electrons. The van der Waals surface area contributed by atoms with E-state index < -0.39 is 64.0 Å². The van der Waals surface area contributed by atoms with Crippen LogP contribution >= 0.6 is 10.6 Å². The number of rotatable bonds is 7. The summed E-state index contributed by atoms with van der Waals surface area (Å²) < 4.78 is 77.6. The molecule has 2 aromatic rings. The van der Waals surface area contributed by atoms with Crippen molar-refractivity contribution >= 4 is 28.1 Å². The van der Waals surface area contributed by atoms with Crippen molar-refractivity contribution in [3.05, 3.63) is 53.3 Å². The van der Waals surface area contributed by atoms with Gasteiger partial charge >= 0.3 is 6.36 Å². The number of carbonyl (C=O) groups is 2. The number of nitrogens with one attached hydrogen (secondary N) is 2. The molecule has 2 amide bonds. The average molecular weight is 562 g/mol. The molecule has 1 saturated heterocycles. The Morgan fingerprint density at radius 1 is 1.24 bits per heavy atom. The number of hydrogen-bond acceptors (Lipinski definition) is 7. The van der Waals surface area contributed by atoms with Gasteiger partial charge in [0, 0.05) is 32.6 Å². The Balaban J connectivity index is 1.82. The maximum absolute atomic E-state index is 14.2. The largest absolute Gasteiger partial charge is 0.573 e. The number of anilines is 1. The van der Waals surface area contributed by atoms with E-state index >= 15 is 0 Å². The normalized spacial score (nSPS) is 21.7. The number of halogens is 4. The standard InChI is InChI=1S/C24H27F4N3O6S/c1-29-23(34)22(14-3-5-20-18(8-14)30-21(33)12-38(20,35)36)16(11-31-7-6-15(32)10-31)13-2-4-17(25)19(9-13)37-24(26,27)28/h2-5,8-9,15-16,22,32,35-36H,6-7,10-12H2,1H3,(H,29,34)(H,30,33). The summed E-state index contributed by atoms with van der Waals surface area (Å²) in [6, 6.07) is 7.27. The number of benzene rings is 2. The molecule has 2 aromatic carbocycles. The number of hydrogen-bond donors (Lipinski definition) is 5. The van der Waals surface area contributed by atoms with Crippen molar-refractivity contribution in [3.8, 4) is 5.75 Å². The summed E-state index contributed by atoms with van der Waals surface area (Å²) in [6.45, 7) is 0.850. The molecule has 0 saturated carbocycles. The number of nitrogens with zero attached hydrogens (tertiary/aromatic N) is 1. The zero-order valence-electron chi connectivity index (χ0n) is 20.2. The number of aliphatic hydroxyl groups is 1. The third-order valence-corrected chi connectivity index (χ3v) is 8.29. The minimum Gasteiger partial charge on any atom is -0.403 e. The number of alkyl halides is 3. The van der Waals surface area contributed by atoms with Crippen LogP contribution in [0.15, 0.2) is 41.3 Å². The number of likely N-dealkylation sites (N-methyl/N-ethyl adjacent to an activating group) is 1. The Labute approximate surface area is 217 Å². The van der Waals surface area contributed by atoms with Crippen LogP contribution in [0.4, 0.5) is 23.2 Å². The van der Waals surface area contributed by atoms with Crippen LogP contribution < -0.4 is 15.4 Å². The second kappa shape index (κ2) is 10.7. The van der Waals surface area contributed by atoms with Gasteiger partial charge in [0.05, 0.1) is 22.6 Å². The fourth-order valence-corrected chi connectivity index (χ4v) is 6.25. The molecule has 0 aliphatic carbocycles. The minimum atomic E-state index is -5.14. The van der Waals surface area contributed by atoms with E-state index in [1.54, 1.807) is 0 Å². The highest BCUT2D eigenvalue weighted by Crippen LogP contribution is 2.54. The third-order valence-electron chi connectivity index (χ3n) is 6.56. The quantitative estimate of drug-likeness (QED) is 0.327. The van der Waals surface area contributed by atoms with Gasteiger partial charge in [0.2, 0.25) is 11.8 Å². The van der Waals surface area contributed by atoms with Crippen molar-refractivity contribution in [1.82, 2.24) is 10.2 Å². The monoisotopic (exact) mass is 561 g/mol. The van der Waals surface area contributed by atoms with Gasteiger partial charge in [-0.1, -0.05) is 12.1 Å². The maximum atomic E-state index is 14.2. The molecule has 4 rings (SSSR count). The smallest absolute Gasteiger partial charge is 0.403 e. The number of fused-ring (bicyclic) bond motifs is 1. The van der Waals surface area contributed by atoms with E-state index in [-0.39, 0.29) is 29.2 Å². The number of likely N-dealkylation sites (tertiary alicyclic amines) is 1. The fraction of sp³-hybridized carbons (Fsp3) is 0.417. The SMILES string of the molecule is CNC(=O)C(c1ccc2c(c1)NC(=O)CS2(O)O)C(CN1CCC(O)C1)c1ccc(F)c(OC(F)(F)F)c1. The number of aliphatic hydroxyl groups excluding tert-OH is 1. The van der Waals surface area contributed by atoms with E-state index in [1.165, 1.54) is 31.3 Å². The number of ether oxygens (including phenoxy) is 1. The number of β-amino-alcohol motifs (C(OH)–C–C–N with tert-alkyl or cyclic N) is 1. The first-order valence-electron chi connectivity index (χ1n) is 11.6. The second-order valence-corrected chi connectivity index (χ2v) is 11.3. The summed E-state index contributed by atoms with van der Waals surface area (Å²) in [4.78, 5) is 27.3. The second-order valence-electron chi connectivity index (χ2n) is 9.25. The predicted octanol–water partition coefficient (Wildman–Crippen LogP) is 3.47. The van der Waals surface area contributed by atoms with Crippen molar-refractivity contribution in [3.63, 3.8) is 0 Å². The predicted molar refractivity (Wildman–Crippen MR) is 131 cm³/mol. The zero-order valence-corrected chi connectivity index (χ0v) is 21.0. The molecule has 0 radical (unpaired) electrons. The molecule has 14 heteroatoms. The van der Waals surface area contributed by atoms with Gasteiger partial charge in [0.25, 0.3) is 0 Å². The van der Waals surface area contributed by atoms with E-state index in [4.69, 9.17) is 0 Å². The highest BCUT2D eigenvalue weighted by molar-refractivity contribution is 8.25. The molecule has 9 nitrogen and oxygen atoms in total. The zero-order chi connectivity index (χ0) is 27.8. The van der Waals surface area contributed by atoms with Crippen LogP contribution in [-0.4, -0.2) is 75.8 Å². The lowest BCUT2D eigenvalue weighted by atomic mass is 9.80. The van der Waals surface area contributed by atoms with Gasteiger partial charge in [0.1, 0.15) is 5.75 Å². The molecular formula is C24H27F4N3O6S. The number of carbonyl (C=O) groups excluding carboxylic acids is 2. The molecular weight excluding hydrogens is 534 g/mol. The van der Waals surface area contributed by atoms with Gasteiger partial charge < -0.3 is 25.4 Å². The van der Waals surface area contributed by atoms with E-state index in [9.17, 15) is 41.4 Å². The summed E-state index contributed by atoms with van der Waals surface area (Å²) in [6.07, 6.45) is -5.30. The van der Waals surface area contributed by atoms with E-state index in [2.05, 4.69) is 15.4 Å². The summed E-state index contributed by atoms with van der Waals surface area (Å²) in [5.41, 5.74) is 0.600. The summed E-state index contributed by atoms with van der Waals surface area (Å²) in [5.74, 6) is -5.85. The van der Waals surface area contributed by atoms with Gasteiger partial charge in [-0.25, -0.2) is 4.39 Å². The molecule has 0 aromatic heterocycles. The topological polar surface area (TPSA) is 131 Å². The van der Waals surface area contributed by atoms with Gasteiger partial charge in [-0.3, -0.25) is 18.7 Å². The van der Waals surface area contributed by atoms with Crippen LogP contribution in [0.2, 0.25) is 0 Å². The van der Waals surface area contributed by atoms with Crippen LogP contribution in [0.3, 0.4) is 0 Å². The highest BCUT2D eigenvalue weighted by Gasteiger charge is 2.38. The van der Waals surface area contributed by atoms with Crippen LogP contribution in [0.5, 0.6) is 5.75 Å². The van der Waals surface area contributed by atoms with Crippen LogP contribution in [0.1, 0.15) is 29.4 Å². The van der Waals surface area contributed by atoms with Gasteiger partial charge in [-0.15, -0.1) is 13.2 Å². The first-order valence-corrected chi connectivity index (χ1v) is 13.4. The molecule has 1 fully saturated rings. The Hall–Kier alpha value is -2.91. The molecule has 0 bridgehead atoms. The first kappa shape index (κ1) is 28.1. The summed E-state index contributed by atoms with van der Waals surface area (Å²) in [7, 11) is -2.02. The molecule has 2 aliphatic heterocycles. The van der Waals surface area contributed by atoms with Crippen LogP contribution in [0.25, 0.3) is 0 Å². The molecule has 3 unspecified atom stereocenters. The first-order chi connectivity index (χ1) is 17.8. The van der Waals surface area contributed by atoms with E-state index in [0.29, 0.717) is 18.5 Å². The molecule has 2 heterocycles. The van der Waals surface area contributed by atoms with E-state index in [0.717, 1.165) is 12.1 Å². The Kier molecular flexibility index (Phi) is 7.91. The van der Waals surface area contributed by atoms with Gasteiger partial charge in [0.15, 0.2) is 11.6 Å². The molecule has 0 spiro atoms. The lowest BCUT2D eigenvalue weighted by molar-refractivity contribution is -0.275. The van der Waals surface area contributed by atoms with Crippen LogP contribution in [0, 0.1) is 5.82 Å². The van der Waals surface area contributed by atoms with Crippen LogP contribution in [-0.2, 0) is 9.59 Å². The molecule has 3 atom stereocenters. The highest BCUT2D eigenvalue weighted by atomic mass is 32.3.